The maximum Gasteiger partial charge on any atom is 0.341 e. The van der Waals surface area contributed by atoms with Gasteiger partial charge in [0.15, 0.2) is 5.60 Å². The highest BCUT2D eigenvalue weighted by Crippen LogP contribution is 2.57. The number of hydrogen-bond donors (Lipinski definition) is 4. The molecule has 1 amide bonds. The maximum atomic E-state index is 13.0. The summed E-state index contributed by atoms with van der Waals surface area (Å²) in [5.74, 6) is -1.33. The second-order valence-electron chi connectivity index (χ2n) is 7.08. The van der Waals surface area contributed by atoms with Crippen LogP contribution in [-0.4, -0.2) is 27.2 Å². The average Bonchev–Trinajstić information content (AvgIpc) is 2.99. The van der Waals surface area contributed by atoms with Crippen LogP contribution in [0.4, 0.5) is 0 Å². The SMILES string of the molecule is NC(=O)c1c(CO)ccc2c1C(=O)OC21c2ccc(O)cc2Oc2cc(O)ccc21. The number of fused-ring (bicyclic) bond motifs is 6. The first kappa shape index (κ1) is 18.0. The zero-order valence-corrected chi connectivity index (χ0v) is 15.4. The summed E-state index contributed by atoms with van der Waals surface area (Å²) < 4.78 is 11.8. The van der Waals surface area contributed by atoms with E-state index in [9.17, 15) is 24.9 Å². The van der Waals surface area contributed by atoms with Gasteiger partial charge in [-0.25, -0.2) is 4.79 Å². The Hall–Kier alpha value is -4.04. The van der Waals surface area contributed by atoms with E-state index in [0.717, 1.165) is 0 Å². The molecular formula is C22H15NO7. The van der Waals surface area contributed by atoms with Crippen LogP contribution in [0.3, 0.4) is 0 Å². The molecule has 5 N–H and O–H groups in total. The summed E-state index contributed by atoms with van der Waals surface area (Å²) in [6.45, 7) is -0.482. The highest BCUT2D eigenvalue weighted by molar-refractivity contribution is 6.09. The number of carbonyl (C=O) groups is 2. The number of benzene rings is 3. The number of hydrogen-bond acceptors (Lipinski definition) is 7. The molecule has 8 heteroatoms. The molecule has 0 bridgehead atoms. The van der Waals surface area contributed by atoms with Gasteiger partial charge in [-0.15, -0.1) is 0 Å². The lowest BCUT2D eigenvalue weighted by molar-refractivity contribution is 0.0223. The van der Waals surface area contributed by atoms with Crippen molar-refractivity contribution < 1.29 is 34.4 Å². The molecule has 0 saturated carbocycles. The molecule has 3 aromatic rings. The van der Waals surface area contributed by atoms with E-state index in [0.29, 0.717) is 16.7 Å². The maximum absolute atomic E-state index is 13.0. The Labute approximate surface area is 169 Å². The Morgan fingerprint density at radius 3 is 2.03 bits per heavy atom. The second-order valence-corrected chi connectivity index (χ2v) is 7.08. The topological polar surface area (TPSA) is 139 Å². The number of nitrogens with two attached hydrogens (primary N) is 1. The summed E-state index contributed by atoms with van der Waals surface area (Å²) in [5.41, 5.74) is 5.30. The fourth-order valence-corrected chi connectivity index (χ4v) is 4.25. The van der Waals surface area contributed by atoms with Crippen LogP contribution in [0, 0.1) is 0 Å². The van der Waals surface area contributed by atoms with E-state index in [4.69, 9.17) is 15.2 Å². The summed E-state index contributed by atoms with van der Waals surface area (Å²) in [7, 11) is 0. The Morgan fingerprint density at radius 2 is 1.50 bits per heavy atom. The number of aliphatic hydroxyl groups is 1. The van der Waals surface area contributed by atoms with Gasteiger partial charge in [0.1, 0.15) is 23.0 Å². The van der Waals surface area contributed by atoms with Gasteiger partial charge in [0, 0.05) is 28.8 Å². The predicted octanol–water partition coefficient (Wildman–Crippen LogP) is 2.26. The molecule has 30 heavy (non-hydrogen) atoms. The van der Waals surface area contributed by atoms with Crippen molar-refractivity contribution in [1.29, 1.82) is 0 Å². The van der Waals surface area contributed by atoms with Crippen molar-refractivity contribution in [3.8, 4) is 23.0 Å². The Morgan fingerprint density at radius 1 is 0.933 bits per heavy atom. The Kier molecular flexibility index (Phi) is 3.59. The number of primary amides is 1. The quantitative estimate of drug-likeness (QED) is 0.480. The highest BCUT2D eigenvalue weighted by Gasteiger charge is 2.55. The smallest absolute Gasteiger partial charge is 0.341 e. The van der Waals surface area contributed by atoms with E-state index in [1.54, 1.807) is 18.2 Å². The van der Waals surface area contributed by atoms with Crippen LogP contribution in [0.1, 0.15) is 43.0 Å². The molecule has 2 aliphatic rings. The van der Waals surface area contributed by atoms with Crippen LogP contribution in [-0.2, 0) is 16.9 Å². The Bertz CT molecular complexity index is 1210. The van der Waals surface area contributed by atoms with Crippen LogP contribution < -0.4 is 10.5 Å². The molecule has 5 rings (SSSR count). The number of amides is 1. The predicted molar refractivity (Wildman–Crippen MR) is 102 cm³/mol. The van der Waals surface area contributed by atoms with Gasteiger partial charge in [0.05, 0.1) is 17.7 Å². The molecule has 0 saturated heterocycles. The van der Waals surface area contributed by atoms with E-state index >= 15 is 0 Å². The molecule has 0 atom stereocenters. The van der Waals surface area contributed by atoms with E-state index < -0.39 is 24.1 Å². The lowest BCUT2D eigenvalue weighted by Gasteiger charge is -2.36. The normalized spacial score (nSPS) is 15.0. The third-order valence-corrected chi connectivity index (χ3v) is 5.45. The zero-order valence-electron chi connectivity index (χ0n) is 15.4. The van der Waals surface area contributed by atoms with Crippen LogP contribution in [0.2, 0.25) is 0 Å². The van der Waals surface area contributed by atoms with Gasteiger partial charge in [0.25, 0.3) is 0 Å². The minimum atomic E-state index is -1.49. The number of ether oxygens (including phenoxy) is 2. The third-order valence-electron chi connectivity index (χ3n) is 5.45. The van der Waals surface area contributed by atoms with E-state index in [1.807, 2.05) is 0 Å². The second kappa shape index (κ2) is 5.98. The van der Waals surface area contributed by atoms with E-state index in [1.165, 1.54) is 30.3 Å². The molecule has 0 unspecified atom stereocenters. The average molecular weight is 405 g/mol. The molecular weight excluding hydrogens is 390 g/mol. The summed E-state index contributed by atoms with van der Waals surface area (Å²) in [6, 6.07) is 11.8. The number of phenolic OH excluding ortho intramolecular Hbond substituents is 2. The van der Waals surface area contributed by atoms with Crippen LogP contribution in [0.5, 0.6) is 23.0 Å². The van der Waals surface area contributed by atoms with Gasteiger partial charge in [-0.05, 0) is 29.8 Å². The molecule has 2 heterocycles. The van der Waals surface area contributed by atoms with Crippen LogP contribution >= 0.6 is 0 Å². The highest BCUT2D eigenvalue weighted by atomic mass is 16.6. The molecule has 8 nitrogen and oxygen atoms in total. The molecule has 0 aromatic heterocycles. The van der Waals surface area contributed by atoms with Crippen LogP contribution in [0.15, 0.2) is 48.5 Å². The summed E-state index contributed by atoms with van der Waals surface area (Å²) >= 11 is 0. The third kappa shape index (κ3) is 2.19. The van der Waals surface area contributed by atoms with Crippen molar-refractivity contribution in [1.82, 2.24) is 0 Å². The number of aromatic hydroxyl groups is 2. The number of rotatable bonds is 2. The summed E-state index contributed by atoms with van der Waals surface area (Å²) in [4.78, 5) is 25.2. The largest absolute Gasteiger partial charge is 0.508 e. The van der Waals surface area contributed by atoms with E-state index in [2.05, 4.69) is 0 Å². The minimum absolute atomic E-state index is 0.0333. The first-order valence-corrected chi connectivity index (χ1v) is 9.02. The van der Waals surface area contributed by atoms with Gasteiger partial charge >= 0.3 is 5.97 Å². The Balaban J connectivity index is 1.91. The van der Waals surface area contributed by atoms with Crippen molar-refractivity contribution in [3.63, 3.8) is 0 Å². The zero-order chi connectivity index (χ0) is 21.2. The first-order chi connectivity index (χ1) is 14.4. The molecule has 0 radical (unpaired) electrons. The van der Waals surface area contributed by atoms with E-state index in [-0.39, 0.29) is 39.7 Å². The number of carbonyl (C=O) groups excluding carboxylic acids is 2. The standard InChI is InChI=1S/C22H15NO7/c23-20(27)18-10(9-24)1-4-15-19(18)21(28)30-22(15)13-5-2-11(25)7-16(13)29-17-8-12(26)3-6-14(17)22/h1-8,24-26H,9H2,(H2,23,27). The van der Waals surface area contributed by atoms with Gasteiger partial charge in [-0.3, -0.25) is 4.79 Å². The molecule has 0 aliphatic carbocycles. The van der Waals surface area contributed by atoms with Crippen molar-refractivity contribution in [2.24, 2.45) is 5.73 Å². The fourth-order valence-electron chi connectivity index (χ4n) is 4.25. The van der Waals surface area contributed by atoms with Gasteiger partial charge in [-0.1, -0.05) is 12.1 Å². The molecule has 0 fully saturated rings. The number of aliphatic hydroxyl groups excluding tert-OH is 1. The van der Waals surface area contributed by atoms with Crippen molar-refractivity contribution in [2.75, 3.05) is 0 Å². The molecule has 3 aromatic carbocycles. The first-order valence-electron chi connectivity index (χ1n) is 9.02. The lowest BCUT2D eigenvalue weighted by atomic mass is 9.76. The van der Waals surface area contributed by atoms with Crippen LogP contribution in [0.25, 0.3) is 0 Å². The van der Waals surface area contributed by atoms with Gasteiger partial charge in [0.2, 0.25) is 5.91 Å². The molecule has 1 spiro atoms. The van der Waals surface area contributed by atoms with Gasteiger partial charge in [-0.2, -0.15) is 0 Å². The molecule has 150 valence electrons. The van der Waals surface area contributed by atoms with Crippen molar-refractivity contribution in [3.05, 3.63) is 81.9 Å². The monoisotopic (exact) mass is 405 g/mol. The number of esters is 1. The molecule has 2 aliphatic heterocycles. The van der Waals surface area contributed by atoms with Crippen molar-refractivity contribution >= 4 is 11.9 Å². The van der Waals surface area contributed by atoms with Gasteiger partial charge < -0.3 is 30.5 Å². The van der Waals surface area contributed by atoms with Crippen molar-refractivity contribution in [2.45, 2.75) is 12.2 Å². The summed E-state index contributed by atoms with van der Waals surface area (Å²) in [6.07, 6.45) is 0. The summed E-state index contributed by atoms with van der Waals surface area (Å²) in [5, 5.41) is 29.5. The fraction of sp³-hybridized carbons (Fsp3) is 0.0909. The minimum Gasteiger partial charge on any atom is -0.508 e. The lowest BCUT2D eigenvalue weighted by Crippen LogP contribution is -2.33. The number of phenols is 2.